The summed E-state index contributed by atoms with van der Waals surface area (Å²) in [5.41, 5.74) is 1.41. The van der Waals surface area contributed by atoms with Gasteiger partial charge in [0, 0.05) is 23.2 Å². The van der Waals surface area contributed by atoms with E-state index in [1.807, 2.05) is 12.1 Å². The molecule has 3 aromatic rings. The third kappa shape index (κ3) is 2.74. The molecule has 0 unspecified atom stereocenters. The number of aromatic nitrogens is 1. The average Bonchev–Trinajstić information content (AvgIpc) is 2.54. The van der Waals surface area contributed by atoms with Gasteiger partial charge in [-0.05, 0) is 30.3 Å². The van der Waals surface area contributed by atoms with E-state index in [-0.39, 0.29) is 5.56 Å². The van der Waals surface area contributed by atoms with E-state index in [1.54, 1.807) is 31.5 Å². The lowest BCUT2D eigenvalue weighted by molar-refractivity contribution is 0.102. The Morgan fingerprint density at radius 2 is 2.05 bits per heavy atom. The zero-order valence-electron chi connectivity index (χ0n) is 11.8. The molecule has 3 rings (SSSR count). The van der Waals surface area contributed by atoms with E-state index in [0.29, 0.717) is 17.0 Å². The van der Waals surface area contributed by atoms with Crippen molar-refractivity contribution >= 4 is 22.5 Å². The van der Waals surface area contributed by atoms with E-state index in [1.165, 1.54) is 18.2 Å². The van der Waals surface area contributed by atoms with Gasteiger partial charge in [-0.25, -0.2) is 4.39 Å². The molecule has 0 radical (unpaired) electrons. The van der Waals surface area contributed by atoms with Crippen LogP contribution < -0.4 is 10.1 Å². The molecule has 1 aromatic heterocycles. The van der Waals surface area contributed by atoms with Crippen LogP contribution in [0.3, 0.4) is 0 Å². The Morgan fingerprint density at radius 3 is 2.82 bits per heavy atom. The molecule has 0 aliphatic rings. The second-order valence-electron chi connectivity index (χ2n) is 4.71. The van der Waals surface area contributed by atoms with Gasteiger partial charge in [-0.1, -0.05) is 12.1 Å². The number of carbonyl (C=O) groups is 1. The van der Waals surface area contributed by atoms with Crippen molar-refractivity contribution in [2.45, 2.75) is 0 Å². The second kappa shape index (κ2) is 5.81. The molecule has 0 saturated heterocycles. The van der Waals surface area contributed by atoms with Crippen molar-refractivity contribution in [2.24, 2.45) is 0 Å². The van der Waals surface area contributed by atoms with Gasteiger partial charge in [0.25, 0.3) is 5.91 Å². The molecule has 0 saturated carbocycles. The Morgan fingerprint density at radius 1 is 1.18 bits per heavy atom. The number of carbonyl (C=O) groups excluding carboxylic acids is 1. The summed E-state index contributed by atoms with van der Waals surface area (Å²) in [6, 6.07) is 12.7. The first-order chi connectivity index (χ1) is 10.7. The molecule has 0 atom stereocenters. The number of methoxy groups -OCH3 is 1. The van der Waals surface area contributed by atoms with Crippen molar-refractivity contribution in [1.29, 1.82) is 0 Å². The Bertz CT molecular complexity index is 849. The Balaban J connectivity index is 2.01. The third-order valence-corrected chi connectivity index (χ3v) is 3.25. The van der Waals surface area contributed by atoms with Crippen LogP contribution in [-0.4, -0.2) is 18.0 Å². The number of nitrogens with one attached hydrogen (secondary N) is 1. The van der Waals surface area contributed by atoms with E-state index in [9.17, 15) is 9.18 Å². The predicted octanol–water partition coefficient (Wildman–Crippen LogP) is 3.63. The number of hydrogen-bond acceptors (Lipinski definition) is 3. The van der Waals surface area contributed by atoms with Crippen molar-refractivity contribution in [3.8, 4) is 5.75 Å². The van der Waals surface area contributed by atoms with Gasteiger partial charge in [0.05, 0.1) is 18.3 Å². The van der Waals surface area contributed by atoms with Gasteiger partial charge in [-0.15, -0.1) is 0 Å². The maximum Gasteiger partial charge on any atom is 0.255 e. The fourth-order valence-electron chi connectivity index (χ4n) is 2.20. The van der Waals surface area contributed by atoms with Gasteiger partial charge in [0.1, 0.15) is 11.6 Å². The molecule has 4 nitrogen and oxygen atoms in total. The number of hydrogen-bond donors (Lipinski definition) is 1. The molecule has 5 heteroatoms. The van der Waals surface area contributed by atoms with Crippen molar-refractivity contribution < 1.29 is 13.9 Å². The fraction of sp³-hybridized carbons (Fsp3) is 0.0588. The van der Waals surface area contributed by atoms with Crippen LogP contribution in [0.4, 0.5) is 10.1 Å². The molecule has 1 heterocycles. The predicted molar refractivity (Wildman–Crippen MR) is 82.6 cm³/mol. The zero-order valence-corrected chi connectivity index (χ0v) is 11.8. The highest BCUT2D eigenvalue weighted by molar-refractivity contribution is 6.08. The minimum Gasteiger partial charge on any atom is -0.497 e. The summed E-state index contributed by atoms with van der Waals surface area (Å²) in [7, 11) is 1.55. The van der Waals surface area contributed by atoms with E-state index in [4.69, 9.17) is 4.74 Å². The van der Waals surface area contributed by atoms with E-state index in [0.717, 1.165) is 5.39 Å². The maximum atomic E-state index is 13.2. The number of fused-ring (bicyclic) bond motifs is 1. The minimum absolute atomic E-state index is 0.243. The highest BCUT2D eigenvalue weighted by atomic mass is 19.1. The molecular weight excluding hydrogens is 283 g/mol. The van der Waals surface area contributed by atoms with Crippen molar-refractivity contribution in [3.63, 3.8) is 0 Å². The zero-order chi connectivity index (χ0) is 15.5. The van der Waals surface area contributed by atoms with Gasteiger partial charge in [-0.3, -0.25) is 9.78 Å². The topological polar surface area (TPSA) is 51.2 Å². The minimum atomic E-state index is -0.457. The lowest BCUT2D eigenvalue weighted by Crippen LogP contribution is -2.12. The van der Waals surface area contributed by atoms with Crippen molar-refractivity contribution in [3.05, 3.63) is 66.1 Å². The second-order valence-corrected chi connectivity index (χ2v) is 4.71. The van der Waals surface area contributed by atoms with Crippen LogP contribution in [0.25, 0.3) is 10.9 Å². The summed E-state index contributed by atoms with van der Waals surface area (Å²) >= 11 is 0. The highest BCUT2D eigenvalue weighted by Crippen LogP contribution is 2.28. The number of rotatable bonds is 3. The lowest BCUT2D eigenvalue weighted by atomic mass is 10.1. The smallest absolute Gasteiger partial charge is 0.255 e. The quantitative estimate of drug-likeness (QED) is 0.803. The first-order valence-corrected chi connectivity index (χ1v) is 6.67. The molecule has 110 valence electrons. The number of pyridine rings is 1. The molecule has 2 aromatic carbocycles. The summed E-state index contributed by atoms with van der Waals surface area (Å²) in [5, 5.41) is 3.60. The Labute approximate surface area is 126 Å². The molecule has 0 aliphatic carbocycles. The first kappa shape index (κ1) is 14.0. The first-order valence-electron chi connectivity index (χ1n) is 6.67. The lowest BCUT2D eigenvalue weighted by Gasteiger charge is -2.10. The van der Waals surface area contributed by atoms with E-state index >= 15 is 0 Å². The maximum absolute atomic E-state index is 13.2. The number of anilines is 1. The molecule has 1 amide bonds. The monoisotopic (exact) mass is 296 g/mol. The van der Waals surface area contributed by atoms with Crippen LogP contribution in [0.2, 0.25) is 0 Å². The molecule has 0 fully saturated rings. The summed E-state index contributed by atoms with van der Waals surface area (Å²) in [6.07, 6.45) is 1.65. The summed E-state index contributed by atoms with van der Waals surface area (Å²) in [4.78, 5) is 16.5. The summed E-state index contributed by atoms with van der Waals surface area (Å²) in [6.45, 7) is 0. The largest absolute Gasteiger partial charge is 0.497 e. The van der Waals surface area contributed by atoms with Gasteiger partial charge in [0.15, 0.2) is 0 Å². The molecule has 0 aliphatic heterocycles. The van der Waals surface area contributed by atoms with Crippen LogP contribution in [0, 0.1) is 5.82 Å². The van der Waals surface area contributed by atoms with Crippen LogP contribution in [0.5, 0.6) is 5.75 Å². The van der Waals surface area contributed by atoms with E-state index in [2.05, 4.69) is 10.3 Å². The molecule has 0 bridgehead atoms. The molecule has 1 N–H and O–H groups in total. The fourth-order valence-corrected chi connectivity index (χ4v) is 2.20. The molecule has 22 heavy (non-hydrogen) atoms. The van der Waals surface area contributed by atoms with Crippen molar-refractivity contribution in [1.82, 2.24) is 4.98 Å². The number of halogens is 1. The van der Waals surface area contributed by atoms with Gasteiger partial charge in [-0.2, -0.15) is 0 Å². The molecular formula is C17H13FN2O2. The normalized spacial score (nSPS) is 10.5. The summed E-state index contributed by atoms with van der Waals surface area (Å²) < 4.78 is 18.5. The number of nitrogens with zero attached hydrogens (tertiary/aromatic N) is 1. The third-order valence-electron chi connectivity index (χ3n) is 3.25. The van der Waals surface area contributed by atoms with Crippen LogP contribution in [-0.2, 0) is 0 Å². The number of ether oxygens (including phenoxy) is 1. The molecule has 0 spiro atoms. The van der Waals surface area contributed by atoms with E-state index < -0.39 is 11.7 Å². The van der Waals surface area contributed by atoms with Gasteiger partial charge < -0.3 is 10.1 Å². The Kier molecular flexibility index (Phi) is 3.70. The van der Waals surface area contributed by atoms with Crippen LogP contribution in [0.1, 0.15) is 10.4 Å². The van der Waals surface area contributed by atoms with Gasteiger partial charge >= 0.3 is 0 Å². The SMILES string of the molecule is COc1cc(NC(=O)c2cccc(F)c2)c2ncccc2c1. The van der Waals surface area contributed by atoms with Gasteiger partial charge in [0.2, 0.25) is 0 Å². The summed E-state index contributed by atoms with van der Waals surface area (Å²) in [5.74, 6) is -0.254. The standard InChI is InChI=1S/C17H13FN2O2/c1-22-14-9-11-5-3-7-19-16(11)15(10-14)20-17(21)12-4-2-6-13(18)8-12/h2-10H,1H3,(H,20,21). The Hall–Kier alpha value is -2.95. The van der Waals surface area contributed by atoms with Crippen LogP contribution in [0.15, 0.2) is 54.7 Å². The highest BCUT2D eigenvalue weighted by Gasteiger charge is 2.11. The average molecular weight is 296 g/mol. The number of benzene rings is 2. The van der Waals surface area contributed by atoms with Crippen molar-refractivity contribution in [2.75, 3.05) is 12.4 Å². The number of amides is 1. The van der Waals surface area contributed by atoms with Crippen LogP contribution >= 0.6 is 0 Å².